The van der Waals surface area contributed by atoms with Gasteiger partial charge < -0.3 is 14.9 Å². The van der Waals surface area contributed by atoms with Gasteiger partial charge in [0, 0.05) is 6.42 Å². The molecule has 0 saturated heterocycles. The summed E-state index contributed by atoms with van der Waals surface area (Å²) in [4.78, 5) is 11.3. The molecule has 2 N–H and O–H groups in total. The van der Waals surface area contributed by atoms with Gasteiger partial charge in [0.05, 0.1) is 11.7 Å². The number of carboxylic acid groups (broad SMARTS) is 1. The number of aliphatic carboxylic acids is 1. The number of halogens is 3. The van der Waals surface area contributed by atoms with Gasteiger partial charge in [-0.1, -0.05) is 36.4 Å². The average Bonchev–Trinajstić information content (AvgIpc) is 2.59. The highest BCUT2D eigenvalue weighted by molar-refractivity contribution is 5.72. The number of hydrogen-bond donors (Lipinski definition) is 2. The van der Waals surface area contributed by atoms with E-state index in [9.17, 15) is 28.2 Å². The van der Waals surface area contributed by atoms with Gasteiger partial charge in [-0.15, -0.1) is 0 Å². The summed E-state index contributed by atoms with van der Waals surface area (Å²) in [6.07, 6.45) is -6.73. The molecule has 4 nitrogen and oxygen atoms in total. The molecule has 7 heteroatoms. The van der Waals surface area contributed by atoms with Crippen molar-refractivity contribution < 1.29 is 32.9 Å². The number of rotatable bonds is 7. The van der Waals surface area contributed by atoms with Crippen LogP contribution in [0.3, 0.4) is 0 Å². The van der Waals surface area contributed by atoms with E-state index >= 15 is 0 Å². The fourth-order valence-corrected chi connectivity index (χ4v) is 2.67. The number of hydrogen-bond acceptors (Lipinski definition) is 3. The fraction of sp³-hybridized carbons (Fsp3) is 0.350. The number of carboxylic acids is 1. The third-order valence-electron chi connectivity index (χ3n) is 3.95. The Balaban J connectivity index is 2.19. The van der Waals surface area contributed by atoms with Crippen LogP contribution in [0.4, 0.5) is 13.2 Å². The van der Waals surface area contributed by atoms with E-state index in [0.717, 1.165) is 12.1 Å². The van der Waals surface area contributed by atoms with E-state index in [2.05, 4.69) is 0 Å². The Morgan fingerprint density at radius 3 is 2.22 bits per heavy atom. The summed E-state index contributed by atoms with van der Waals surface area (Å²) < 4.78 is 43.3. The lowest BCUT2D eigenvalue weighted by Crippen LogP contribution is -2.29. The topological polar surface area (TPSA) is 66.8 Å². The molecule has 0 radical (unpaired) electrons. The van der Waals surface area contributed by atoms with Crippen molar-refractivity contribution in [2.24, 2.45) is 0 Å². The molecule has 146 valence electrons. The van der Waals surface area contributed by atoms with E-state index in [-0.39, 0.29) is 12.5 Å². The first-order chi connectivity index (χ1) is 12.6. The number of aliphatic hydroxyl groups is 1. The summed E-state index contributed by atoms with van der Waals surface area (Å²) in [6.45, 7) is 3.47. The molecular formula is C20H21F3O4. The second-order valence-electron chi connectivity index (χ2n) is 6.48. The normalized spacial score (nSPS) is 14.2. The Labute approximate surface area is 155 Å². The predicted octanol–water partition coefficient (Wildman–Crippen LogP) is 4.21. The van der Waals surface area contributed by atoms with Crippen LogP contribution in [0.15, 0.2) is 48.5 Å². The summed E-state index contributed by atoms with van der Waals surface area (Å²) in [5.74, 6) is -1.09. The standard InChI is InChI=1S/C20H21F3O4/c1-12(2)27-17(19(25)26)11-13-4-3-5-15(10-13)18(24)14-6-8-16(9-7-14)20(21,22)23/h3-10,12,17-18,24H,11H2,1-2H3,(H,25,26). The summed E-state index contributed by atoms with van der Waals surface area (Å²) in [6, 6.07) is 10.9. The van der Waals surface area contributed by atoms with Crippen molar-refractivity contribution in [1.29, 1.82) is 0 Å². The van der Waals surface area contributed by atoms with Crippen molar-refractivity contribution in [3.05, 3.63) is 70.8 Å². The Bertz CT molecular complexity index is 770. The molecule has 0 heterocycles. The van der Waals surface area contributed by atoms with Gasteiger partial charge in [0.15, 0.2) is 6.10 Å². The molecule has 2 rings (SSSR count). The van der Waals surface area contributed by atoms with Crippen LogP contribution in [0.1, 0.15) is 42.2 Å². The molecule has 2 atom stereocenters. The van der Waals surface area contributed by atoms with E-state index < -0.39 is 29.9 Å². The van der Waals surface area contributed by atoms with Gasteiger partial charge in [-0.25, -0.2) is 4.79 Å². The van der Waals surface area contributed by atoms with Crippen LogP contribution in [0.25, 0.3) is 0 Å². The van der Waals surface area contributed by atoms with Gasteiger partial charge >= 0.3 is 12.1 Å². The summed E-state index contributed by atoms with van der Waals surface area (Å²) in [7, 11) is 0. The third kappa shape index (κ3) is 5.80. The first-order valence-electron chi connectivity index (χ1n) is 8.40. The molecule has 0 aliphatic carbocycles. The lowest BCUT2D eigenvalue weighted by molar-refractivity contribution is -0.153. The fourth-order valence-electron chi connectivity index (χ4n) is 2.67. The quantitative estimate of drug-likeness (QED) is 0.753. The van der Waals surface area contributed by atoms with Crippen LogP contribution in [0.5, 0.6) is 0 Å². The van der Waals surface area contributed by atoms with Crippen LogP contribution in [-0.4, -0.2) is 28.4 Å². The minimum absolute atomic E-state index is 0.112. The molecule has 0 fully saturated rings. The van der Waals surface area contributed by atoms with Crippen molar-refractivity contribution in [2.45, 2.75) is 44.8 Å². The molecule has 27 heavy (non-hydrogen) atoms. The molecule has 0 spiro atoms. The van der Waals surface area contributed by atoms with Gasteiger partial charge in [0.25, 0.3) is 0 Å². The molecule has 0 aliphatic rings. The largest absolute Gasteiger partial charge is 0.479 e. The lowest BCUT2D eigenvalue weighted by atomic mass is 9.97. The molecule has 0 aliphatic heterocycles. The monoisotopic (exact) mass is 382 g/mol. The van der Waals surface area contributed by atoms with Gasteiger partial charge in [0.1, 0.15) is 6.10 Å². The Hall–Kier alpha value is -2.38. The molecule has 0 saturated carbocycles. The molecule has 0 aromatic heterocycles. The Kier molecular flexibility index (Phi) is 6.62. The molecule has 2 unspecified atom stereocenters. The Morgan fingerprint density at radius 1 is 1.07 bits per heavy atom. The molecule has 2 aromatic rings. The molecule has 2 aromatic carbocycles. The van der Waals surface area contributed by atoms with Gasteiger partial charge in [0.2, 0.25) is 0 Å². The van der Waals surface area contributed by atoms with E-state index in [4.69, 9.17) is 4.74 Å². The maximum atomic E-state index is 12.7. The predicted molar refractivity (Wildman–Crippen MR) is 93.3 cm³/mol. The second kappa shape index (κ2) is 8.54. The number of benzene rings is 2. The van der Waals surface area contributed by atoms with Gasteiger partial charge in [-0.05, 0) is 42.7 Å². The van der Waals surface area contributed by atoms with Crippen molar-refractivity contribution >= 4 is 5.97 Å². The van der Waals surface area contributed by atoms with Crippen LogP contribution < -0.4 is 0 Å². The van der Waals surface area contributed by atoms with E-state index in [1.165, 1.54) is 12.1 Å². The second-order valence-corrected chi connectivity index (χ2v) is 6.48. The van der Waals surface area contributed by atoms with Crippen molar-refractivity contribution in [2.75, 3.05) is 0 Å². The van der Waals surface area contributed by atoms with E-state index in [0.29, 0.717) is 16.7 Å². The highest BCUT2D eigenvalue weighted by atomic mass is 19.4. The lowest BCUT2D eigenvalue weighted by Gasteiger charge is -2.18. The number of carbonyl (C=O) groups is 1. The van der Waals surface area contributed by atoms with Crippen molar-refractivity contribution in [3.63, 3.8) is 0 Å². The minimum Gasteiger partial charge on any atom is -0.479 e. The highest BCUT2D eigenvalue weighted by Crippen LogP contribution is 2.31. The van der Waals surface area contributed by atoms with Crippen LogP contribution >= 0.6 is 0 Å². The zero-order valence-corrected chi connectivity index (χ0v) is 14.9. The van der Waals surface area contributed by atoms with Crippen LogP contribution in [-0.2, 0) is 22.1 Å². The van der Waals surface area contributed by atoms with Crippen molar-refractivity contribution in [1.82, 2.24) is 0 Å². The molecule has 0 amide bonds. The third-order valence-corrected chi connectivity index (χ3v) is 3.95. The summed E-state index contributed by atoms with van der Waals surface area (Å²) in [5.41, 5.74) is 0.628. The summed E-state index contributed by atoms with van der Waals surface area (Å²) >= 11 is 0. The number of alkyl halides is 3. The first-order valence-corrected chi connectivity index (χ1v) is 8.40. The highest BCUT2D eigenvalue weighted by Gasteiger charge is 2.30. The van der Waals surface area contributed by atoms with Gasteiger partial charge in [-0.2, -0.15) is 13.2 Å². The maximum Gasteiger partial charge on any atom is 0.416 e. The number of aliphatic hydroxyl groups excluding tert-OH is 1. The zero-order valence-electron chi connectivity index (χ0n) is 14.9. The van der Waals surface area contributed by atoms with Crippen LogP contribution in [0, 0.1) is 0 Å². The smallest absolute Gasteiger partial charge is 0.416 e. The number of ether oxygens (including phenoxy) is 1. The SMILES string of the molecule is CC(C)OC(Cc1cccc(C(O)c2ccc(C(F)(F)F)cc2)c1)C(=O)O. The van der Waals surface area contributed by atoms with E-state index in [1.54, 1.807) is 38.1 Å². The zero-order chi connectivity index (χ0) is 20.2. The summed E-state index contributed by atoms with van der Waals surface area (Å²) in [5, 5.41) is 19.7. The average molecular weight is 382 g/mol. The van der Waals surface area contributed by atoms with Crippen LogP contribution in [0.2, 0.25) is 0 Å². The maximum absolute atomic E-state index is 12.7. The van der Waals surface area contributed by atoms with E-state index in [1.807, 2.05) is 0 Å². The molecular weight excluding hydrogens is 361 g/mol. The minimum atomic E-state index is -4.44. The first kappa shape index (κ1) is 20.9. The Morgan fingerprint density at radius 2 is 1.70 bits per heavy atom. The van der Waals surface area contributed by atoms with Gasteiger partial charge in [-0.3, -0.25) is 0 Å². The van der Waals surface area contributed by atoms with Crippen molar-refractivity contribution in [3.8, 4) is 0 Å². The molecule has 0 bridgehead atoms.